The Balaban J connectivity index is 0.000000921. The van der Waals surface area contributed by atoms with Crippen LogP contribution in [0.5, 0.6) is 0 Å². The van der Waals surface area contributed by atoms with Crippen molar-refractivity contribution in [3.63, 3.8) is 0 Å². The zero-order chi connectivity index (χ0) is 11.9. The van der Waals surface area contributed by atoms with Gasteiger partial charge in [-0.2, -0.15) is 0 Å². The SMILES string of the molecule is CC.COC(C)(C)OC1OCCCC1=O. The number of hydrogen-bond acceptors (Lipinski definition) is 4. The lowest BCUT2D eigenvalue weighted by Gasteiger charge is -2.30. The topological polar surface area (TPSA) is 44.8 Å². The van der Waals surface area contributed by atoms with Crippen LogP contribution in [-0.2, 0) is 19.0 Å². The predicted molar refractivity (Wildman–Crippen MR) is 57.5 cm³/mol. The van der Waals surface area contributed by atoms with E-state index < -0.39 is 12.1 Å². The highest BCUT2D eigenvalue weighted by molar-refractivity contribution is 5.82. The molecule has 1 unspecified atom stereocenters. The highest BCUT2D eigenvalue weighted by Crippen LogP contribution is 2.18. The second kappa shape index (κ2) is 6.93. The van der Waals surface area contributed by atoms with Gasteiger partial charge in [0.15, 0.2) is 11.6 Å². The first-order valence-electron chi connectivity index (χ1n) is 5.42. The zero-order valence-corrected chi connectivity index (χ0v) is 10.3. The molecule has 90 valence electrons. The number of Topliss-reactive ketones (excluding diaryl/α,β-unsaturated/α-hetero) is 1. The summed E-state index contributed by atoms with van der Waals surface area (Å²) in [6.45, 7) is 8.08. The second-order valence-electron chi connectivity index (χ2n) is 3.49. The molecule has 1 saturated heterocycles. The third kappa shape index (κ3) is 5.25. The number of ketones is 1. The van der Waals surface area contributed by atoms with Crippen LogP contribution in [0.15, 0.2) is 0 Å². The van der Waals surface area contributed by atoms with E-state index in [1.54, 1.807) is 13.8 Å². The van der Waals surface area contributed by atoms with E-state index in [4.69, 9.17) is 14.2 Å². The highest BCUT2D eigenvalue weighted by atomic mass is 16.8. The average Bonchev–Trinajstić information content (AvgIpc) is 2.24. The fourth-order valence-electron chi connectivity index (χ4n) is 1.05. The molecule has 0 bridgehead atoms. The minimum absolute atomic E-state index is 0.00336. The molecule has 1 aliphatic heterocycles. The number of methoxy groups -OCH3 is 1. The fraction of sp³-hybridized carbons (Fsp3) is 0.909. The summed E-state index contributed by atoms with van der Waals surface area (Å²) in [5, 5.41) is 0. The number of carbonyl (C=O) groups is 1. The summed E-state index contributed by atoms with van der Waals surface area (Å²) < 4.78 is 15.6. The number of carbonyl (C=O) groups excluding carboxylic acids is 1. The van der Waals surface area contributed by atoms with Gasteiger partial charge in [0, 0.05) is 13.5 Å². The van der Waals surface area contributed by atoms with Crippen molar-refractivity contribution >= 4 is 5.78 Å². The lowest BCUT2D eigenvalue weighted by Crippen LogP contribution is -2.40. The van der Waals surface area contributed by atoms with Gasteiger partial charge in [-0.05, 0) is 20.3 Å². The Bertz CT molecular complexity index is 189. The Labute approximate surface area is 91.9 Å². The van der Waals surface area contributed by atoms with Crippen LogP contribution >= 0.6 is 0 Å². The summed E-state index contributed by atoms with van der Waals surface area (Å²) in [5.41, 5.74) is 0. The van der Waals surface area contributed by atoms with E-state index in [2.05, 4.69) is 0 Å². The third-order valence-corrected chi connectivity index (χ3v) is 1.98. The van der Waals surface area contributed by atoms with Crippen LogP contribution in [0.2, 0.25) is 0 Å². The standard InChI is InChI=1S/C9H16O4.C2H6/c1-9(2,11-3)13-8-7(10)5-4-6-12-8;1-2/h8H,4-6H2,1-3H3;1-2H3. The first kappa shape index (κ1) is 14.6. The Kier molecular flexibility index (Phi) is 6.72. The molecule has 0 spiro atoms. The van der Waals surface area contributed by atoms with Crippen molar-refractivity contribution in [2.24, 2.45) is 0 Å². The van der Waals surface area contributed by atoms with Gasteiger partial charge < -0.3 is 14.2 Å². The van der Waals surface area contributed by atoms with Gasteiger partial charge in [0.1, 0.15) is 0 Å². The first-order chi connectivity index (χ1) is 7.05. The van der Waals surface area contributed by atoms with Crippen LogP contribution in [0.1, 0.15) is 40.5 Å². The summed E-state index contributed by atoms with van der Waals surface area (Å²) in [6.07, 6.45) is 0.569. The van der Waals surface area contributed by atoms with Crippen LogP contribution in [0, 0.1) is 0 Å². The number of rotatable bonds is 3. The van der Waals surface area contributed by atoms with E-state index in [0.717, 1.165) is 6.42 Å². The van der Waals surface area contributed by atoms with Crippen molar-refractivity contribution in [2.75, 3.05) is 13.7 Å². The van der Waals surface area contributed by atoms with Crippen LogP contribution in [0.4, 0.5) is 0 Å². The molecule has 1 heterocycles. The van der Waals surface area contributed by atoms with Gasteiger partial charge in [-0.25, -0.2) is 0 Å². The molecule has 0 aromatic heterocycles. The van der Waals surface area contributed by atoms with Gasteiger partial charge in [0.05, 0.1) is 6.61 Å². The van der Waals surface area contributed by atoms with Crippen molar-refractivity contribution in [2.45, 2.75) is 52.6 Å². The first-order valence-corrected chi connectivity index (χ1v) is 5.42. The minimum Gasteiger partial charge on any atom is -0.354 e. The molecule has 1 fully saturated rings. The molecule has 15 heavy (non-hydrogen) atoms. The zero-order valence-electron chi connectivity index (χ0n) is 10.3. The van der Waals surface area contributed by atoms with Crippen molar-refractivity contribution in [3.8, 4) is 0 Å². The van der Waals surface area contributed by atoms with Gasteiger partial charge >= 0.3 is 0 Å². The van der Waals surface area contributed by atoms with Crippen molar-refractivity contribution in [1.82, 2.24) is 0 Å². The lowest BCUT2D eigenvalue weighted by molar-refractivity contribution is -0.280. The van der Waals surface area contributed by atoms with Gasteiger partial charge in [0.25, 0.3) is 0 Å². The summed E-state index contributed by atoms with van der Waals surface area (Å²) in [4.78, 5) is 11.3. The van der Waals surface area contributed by atoms with E-state index in [1.165, 1.54) is 7.11 Å². The molecule has 0 aliphatic carbocycles. The summed E-state index contributed by atoms with van der Waals surface area (Å²) in [5.74, 6) is -0.770. The molecule has 1 atom stereocenters. The van der Waals surface area contributed by atoms with Gasteiger partial charge in [-0.3, -0.25) is 4.79 Å². The maximum Gasteiger partial charge on any atom is 0.220 e. The monoisotopic (exact) mass is 218 g/mol. The molecule has 4 heteroatoms. The van der Waals surface area contributed by atoms with E-state index in [9.17, 15) is 4.79 Å². The molecular formula is C11H22O4. The van der Waals surface area contributed by atoms with Crippen molar-refractivity contribution < 1.29 is 19.0 Å². The van der Waals surface area contributed by atoms with Crippen LogP contribution in [0.25, 0.3) is 0 Å². The molecule has 0 saturated carbocycles. The molecular weight excluding hydrogens is 196 g/mol. The van der Waals surface area contributed by atoms with Crippen LogP contribution in [0.3, 0.4) is 0 Å². The van der Waals surface area contributed by atoms with Gasteiger partial charge in [-0.1, -0.05) is 13.8 Å². The van der Waals surface area contributed by atoms with Crippen LogP contribution in [-0.4, -0.2) is 31.6 Å². The van der Waals surface area contributed by atoms with Gasteiger partial charge in [0.2, 0.25) is 6.29 Å². The van der Waals surface area contributed by atoms with Crippen LogP contribution < -0.4 is 0 Å². The maximum atomic E-state index is 11.3. The molecule has 1 rings (SSSR count). The van der Waals surface area contributed by atoms with E-state index in [0.29, 0.717) is 13.0 Å². The molecule has 0 N–H and O–H groups in total. The van der Waals surface area contributed by atoms with E-state index >= 15 is 0 Å². The Morgan fingerprint density at radius 2 is 2.00 bits per heavy atom. The maximum absolute atomic E-state index is 11.3. The predicted octanol–water partition coefficient (Wildman–Crippen LogP) is 2.12. The minimum atomic E-state index is -0.766. The molecule has 0 aromatic rings. The third-order valence-electron chi connectivity index (χ3n) is 1.98. The Hall–Kier alpha value is -0.450. The summed E-state index contributed by atoms with van der Waals surface area (Å²) in [6, 6.07) is 0. The fourth-order valence-corrected chi connectivity index (χ4v) is 1.05. The molecule has 4 nitrogen and oxygen atoms in total. The molecule has 1 aliphatic rings. The van der Waals surface area contributed by atoms with E-state index in [-0.39, 0.29) is 5.78 Å². The lowest BCUT2D eigenvalue weighted by atomic mass is 10.2. The largest absolute Gasteiger partial charge is 0.354 e. The van der Waals surface area contributed by atoms with Crippen molar-refractivity contribution in [1.29, 1.82) is 0 Å². The smallest absolute Gasteiger partial charge is 0.220 e. The molecule has 0 amide bonds. The normalized spacial score (nSPS) is 21.9. The Morgan fingerprint density at radius 1 is 1.40 bits per heavy atom. The van der Waals surface area contributed by atoms with E-state index in [1.807, 2.05) is 13.8 Å². The number of ether oxygens (including phenoxy) is 3. The number of hydrogen-bond donors (Lipinski definition) is 0. The summed E-state index contributed by atoms with van der Waals surface area (Å²) >= 11 is 0. The molecule has 0 aromatic carbocycles. The highest BCUT2D eigenvalue weighted by Gasteiger charge is 2.30. The summed E-state index contributed by atoms with van der Waals surface area (Å²) in [7, 11) is 1.54. The van der Waals surface area contributed by atoms with Gasteiger partial charge in [-0.15, -0.1) is 0 Å². The van der Waals surface area contributed by atoms with Crippen molar-refractivity contribution in [3.05, 3.63) is 0 Å². The second-order valence-corrected chi connectivity index (χ2v) is 3.49. The average molecular weight is 218 g/mol. The quantitative estimate of drug-likeness (QED) is 0.681. The molecule has 0 radical (unpaired) electrons. The Morgan fingerprint density at radius 3 is 2.47 bits per heavy atom.